The first-order valence-corrected chi connectivity index (χ1v) is 7.73. The lowest BCUT2D eigenvalue weighted by molar-refractivity contribution is 0.193. The topological polar surface area (TPSA) is 35.6 Å². The van der Waals surface area contributed by atoms with Crippen molar-refractivity contribution in [1.82, 2.24) is 15.1 Å². The first kappa shape index (κ1) is 15.6. The van der Waals surface area contributed by atoms with Crippen molar-refractivity contribution < 1.29 is 4.79 Å². The zero-order chi connectivity index (χ0) is 13.7. The molecule has 1 aliphatic heterocycles. The van der Waals surface area contributed by atoms with Gasteiger partial charge >= 0.3 is 6.03 Å². The SMILES string of the molecule is CC1CN(C(=O)NCCN(C)C(C)C)CC(C)S1. The van der Waals surface area contributed by atoms with Gasteiger partial charge in [0.25, 0.3) is 0 Å². The van der Waals surface area contributed by atoms with Crippen molar-refractivity contribution >= 4 is 17.8 Å². The van der Waals surface area contributed by atoms with Gasteiger partial charge in [-0.3, -0.25) is 0 Å². The van der Waals surface area contributed by atoms with Crippen LogP contribution in [-0.4, -0.2) is 65.6 Å². The Balaban J connectivity index is 2.28. The van der Waals surface area contributed by atoms with Gasteiger partial charge < -0.3 is 15.1 Å². The summed E-state index contributed by atoms with van der Waals surface area (Å²) in [5.41, 5.74) is 0. The van der Waals surface area contributed by atoms with E-state index in [-0.39, 0.29) is 6.03 Å². The minimum atomic E-state index is 0.0890. The van der Waals surface area contributed by atoms with Gasteiger partial charge in [-0.2, -0.15) is 11.8 Å². The maximum atomic E-state index is 12.0. The summed E-state index contributed by atoms with van der Waals surface area (Å²) < 4.78 is 0. The Kier molecular flexibility index (Phi) is 6.29. The fourth-order valence-corrected chi connectivity index (χ4v) is 3.38. The Hall–Kier alpha value is -0.420. The van der Waals surface area contributed by atoms with Crippen LogP contribution in [0.15, 0.2) is 0 Å². The summed E-state index contributed by atoms with van der Waals surface area (Å²) in [5.74, 6) is 0. The third kappa shape index (κ3) is 5.06. The van der Waals surface area contributed by atoms with Crippen molar-refractivity contribution in [3.8, 4) is 0 Å². The standard InChI is InChI=1S/C13H27N3OS/c1-10(2)15(5)7-6-14-13(17)16-8-11(3)18-12(4)9-16/h10-12H,6-9H2,1-5H3,(H,14,17). The number of carbonyl (C=O) groups is 1. The number of nitrogens with one attached hydrogen (secondary N) is 1. The Labute approximate surface area is 115 Å². The first-order chi connectivity index (χ1) is 8.40. The van der Waals surface area contributed by atoms with Crippen LogP contribution in [0.1, 0.15) is 27.7 Å². The van der Waals surface area contributed by atoms with Crippen LogP contribution in [0.25, 0.3) is 0 Å². The number of carbonyl (C=O) groups excluding carboxylic acids is 1. The Bertz CT molecular complexity index is 263. The van der Waals surface area contributed by atoms with Crippen LogP contribution >= 0.6 is 11.8 Å². The second-order valence-electron chi connectivity index (χ2n) is 5.47. The van der Waals surface area contributed by atoms with Crippen molar-refractivity contribution in [2.75, 3.05) is 33.2 Å². The predicted octanol–water partition coefficient (Wildman–Crippen LogP) is 1.86. The summed E-state index contributed by atoms with van der Waals surface area (Å²) in [4.78, 5) is 16.2. The number of thioether (sulfide) groups is 1. The van der Waals surface area contributed by atoms with Crippen molar-refractivity contribution in [3.05, 3.63) is 0 Å². The van der Waals surface area contributed by atoms with Crippen molar-refractivity contribution in [2.45, 2.75) is 44.2 Å². The second-order valence-corrected chi connectivity index (χ2v) is 7.35. The molecule has 0 aromatic carbocycles. The van der Waals surface area contributed by atoms with E-state index in [0.717, 1.165) is 26.2 Å². The molecule has 106 valence electrons. The van der Waals surface area contributed by atoms with E-state index < -0.39 is 0 Å². The fourth-order valence-electron chi connectivity index (χ4n) is 2.05. The molecule has 2 amide bonds. The zero-order valence-corrected chi connectivity index (χ0v) is 13.1. The van der Waals surface area contributed by atoms with E-state index in [2.05, 4.69) is 45.0 Å². The molecule has 0 bridgehead atoms. The molecule has 0 spiro atoms. The number of hydrogen-bond acceptors (Lipinski definition) is 3. The number of nitrogens with zero attached hydrogens (tertiary/aromatic N) is 2. The average Bonchev–Trinajstić information content (AvgIpc) is 2.27. The van der Waals surface area contributed by atoms with Gasteiger partial charge in [-0.1, -0.05) is 13.8 Å². The van der Waals surface area contributed by atoms with Crippen molar-refractivity contribution in [2.24, 2.45) is 0 Å². The van der Waals surface area contributed by atoms with Crippen molar-refractivity contribution in [1.29, 1.82) is 0 Å². The largest absolute Gasteiger partial charge is 0.337 e. The van der Waals surface area contributed by atoms with E-state index in [1.807, 2.05) is 16.7 Å². The summed E-state index contributed by atoms with van der Waals surface area (Å²) in [5, 5.41) is 4.09. The first-order valence-electron chi connectivity index (χ1n) is 6.78. The average molecular weight is 273 g/mol. The van der Waals surface area contributed by atoms with Crippen LogP contribution in [0.2, 0.25) is 0 Å². The molecule has 0 radical (unpaired) electrons. The highest BCUT2D eigenvalue weighted by molar-refractivity contribution is 8.00. The van der Waals surface area contributed by atoms with Crippen LogP contribution in [0.3, 0.4) is 0 Å². The van der Waals surface area contributed by atoms with Crippen LogP contribution < -0.4 is 5.32 Å². The number of hydrogen-bond donors (Lipinski definition) is 1. The monoisotopic (exact) mass is 273 g/mol. The number of urea groups is 1. The Morgan fingerprint density at radius 1 is 1.39 bits per heavy atom. The summed E-state index contributed by atoms with van der Waals surface area (Å²) in [6, 6.07) is 0.611. The van der Waals surface area contributed by atoms with E-state index in [0.29, 0.717) is 16.5 Å². The molecule has 4 nitrogen and oxygen atoms in total. The molecule has 18 heavy (non-hydrogen) atoms. The molecule has 0 aliphatic carbocycles. The van der Waals surface area contributed by atoms with Crippen LogP contribution in [-0.2, 0) is 0 Å². The lowest BCUT2D eigenvalue weighted by Gasteiger charge is -2.34. The lowest BCUT2D eigenvalue weighted by Crippen LogP contribution is -2.49. The van der Waals surface area contributed by atoms with Crippen molar-refractivity contribution in [3.63, 3.8) is 0 Å². The highest BCUT2D eigenvalue weighted by atomic mass is 32.2. The minimum absolute atomic E-state index is 0.0890. The van der Waals surface area contributed by atoms with E-state index in [1.54, 1.807) is 0 Å². The number of rotatable bonds is 4. The molecule has 2 unspecified atom stereocenters. The molecular weight excluding hydrogens is 246 g/mol. The van der Waals surface area contributed by atoms with Gasteiger partial charge in [-0.25, -0.2) is 4.79 Å². The third-order valence-corrected chi connectivity index (χ3v) is 4.56. The van der Waals surface area contributed by atoms with Gasteiger partial charge in [0.05, 0.1) is 0 Å². The molecule has 1 fully saturated rings. The number of likely N-dealkylation sites (N-methyl/N-ethyl adjacent to an activating group) is 1. The maximum absolute atomic E-state index is 12.0. The highest BCUT2D eigenvalue weighted by Gasteiger charge is 2.25. The summed E-state index contributed by atoms with van der Waals surface area (Å²) >= 11 is 1.97. The Morgan fingerprint density at radius 2 is 1.94 bits per heavy atom. The Morgan fingerprint density at radius 3 is 2.44 bits per heavy atom. The molecule has 5 heteroatoms. The molecule has 1 rings (SSSR count). The predicted molar refractivity (Wildman–Crippen MR) is 79.3 cm³/mol. The molecule has 1 N–H and O–H groups in total. The molecular formula is C13H27N3OS. The molecule has 0 aromatic rings. The van der Waals surface area contributed by atoms with E-state index in [1.165, 1.54) is 0 Å². The quantitative estimate of drug-likeness (QED) is 0.849. The van der Waals surface area contributed by atoms with Gasteiger partial charge in [0.1, 0.15) is 0 Å². The van der Waals surface area contributed by atoms with Crippen LogP contribution in [0.4, 0.5) is 4.79 Å². The zero-order valence-electron chi connectivity index (χ0n) is 12.3. The molecule has 1 heterocycles. The maximum Gasteiger partial charge on any atom is 0.317 e. The third-order valence-electron chi connectivity index (χ3n) is 3.33. The highest BCUT2D eigenvalue weighted by Crippen LogP contribution is 2.24. The molecule has 1 saturated heterocycles. The van der Waals surface area contributed by atoms with Gasteiger partial charge in [-0.05, 0) is 20.9 Å². The van der Waals surface area contributed by atoms with E-state index in [4.69, 9.17) is 0 Å². The lowest BCUT2D eigenvalue weighted by atomic mass is 10.3. The van der Waals surface area contributed by atoms with Crippen LogP contribution in [0.5, 0.6) is 0 Å². The fraction of sp³-hybridized carbons (Fsp3) is 0.923. The van der Waals surface area contributed by atoms with E-state index >= 15 is 0 Å². The summed E-state index contributed by atoms with van der Waals surface area (Å²) in [6.07, 6.45) is 0. The van der Waals surface area contributed by atoms with Gasteiger partial charge in [-0.15, -0.1) is 0 Å². The molecule has 0 saturated carbocycles. The van der Waals surface area contributed by atoms with Gasteiger partial charge in [0, 0.05) is 42.7 Å². The summed E-state index contributed by atoms with van der Waals surface area (Å²) in [6.45, 7) is 12.0. The summed E-state index contributed by atoms with van der Waals surface area (Å²) in [7, 11) is 2.08. The number of amides is 2. The molecule has 0 aromatic heterocycles. The molecule has 1 aliphatic rings. The second kappa shape index (κ2) is 7.24. The smallest absolute Gasteiger partial charge is 0.317 e. The normalized spacial score (nSPS) is 24.7. The van der Waals surface area contributed by atoms with Crippen LogP contribution in [0, 0.1) is 0 Å². The minimum Gasteiger partial charge on any atom is -0.337 e. The van der Waals surface area contributed by atoms with Gasteiger partial charge in [0.15, 0.2) is 0 Å². The molecule has 2 atom stereocenters. The van der Waals surface area contributed by atoms with E-state index in [9.17, 15) is 4.79 Å². The van der Waals surface area contributed by atoms with Gasteiger partial charge in [0.2, 0.25) is 0 Å².